The van der Waals surface area contributed by atoms with Crippen LogP contribution in [0.3, 0.4) is 0 Å². The molecule has 1 amide bonds. The third kappa shape index (κ3) is 3.02. The molecule has 2 aromatic rings. The number of hydrogen-bond donors (Lipinski definition) is 2. The summed E-state index contributed by atoms with van der Waals surface area (Å²) in [5, 5.41) is 6.64. The molecule has 0 saturated carbocycles. The molecule has 0 aliphatic carbocycles. The van der Waals surface area contributed by atoms with Crippen molar-refractivity contribution in [1.82, 2.24) is 15.5 Å². The van der Waals surface area contributed by atoms with Crippen LogP contribution in [0.2, 0.25) is 0 Å². The summed E-state index contributed by atoms with van der Waals surface area (Å²) in [5.41, 5.74) is -0.469. The van der Waals surface area contributed by atoms with E-state index in [1.54, 1.807) is 0 Å². The number of carbonyl (C=O) groups is 1. The molecule has 0 radical (unpaired) electrons. The van der Waals surface area contributed by atoms with Gasteiger partial charge in [-0.1, -0.05) is 5.16 Å². The zero-order valence-electron chi connectivity index (χ0n) is 9.08. The Morgan fingerprint density at radius 1 is 1.53 bits per heavy atom. The molecule has 0 unspecified atom stereocenters. The lowest BCUT2D eigenvalue weighted by Crippen LogP contribution is -2.25. The Morgan fingerprint density at radius 2 is 2.26 bits per heavy atom. The highest BCUT2D eigenvalue weighted by molar-refractivity contribution is 7.10. The first-order valence-corrected chi connectivity index (χ1v) is 5.73. The number of H-pyrrole nitrogens is 1. The molecule has 10 heteroatoms. The van der Waals surface area contributed by atoms with Crippen molar-refractivity contribution in [3.63, 3.8) is 0 Å². The molecular weight excluding hydrogens is 287 g/mol. The number of aromatic nitrogens is 2. The molecule has 0 aliphatic heterocycles. The number of nitrogens with zero attached hydrogens (tertiary/aromatic N) is 1. The largest absolute Gasteiger partial charge is 0.438 e. The number of nitrogens with one attached hydrogen (secondary N) is 2. The quantitative estimate of drug-likeness (QED) is 0.894. The number of halogens is 3. The Kier molecular flexibility index (Phi) is 3.42. The summed E-state index contributed by atoms with van der Waals surface area (Å²) >= 11 is 0.433. The molecule has 0 aliphatic rings. The van der Waals surface area contributed by atoms with Gasteiger partial charge in [0.2, 0.25) is 0 Å². The van der Waals surface area contributed by atoms with Crippen molar-refractivity contribution in [2.24, 2.45) is 0 Å². The Morgan fingerprint density at radius 3 is 2.84 bits per heavy atom. The van der Waals surface area contributed by atoms with E-state index in [1.165, 1.54) is 5.38 Å². The summed E-state index contributed by atoms with van der Waals surface area (Å²) in [6, 6.07) is 1.08. The van der Waals surface area contributed by atoms with Gasteiger partial charge in [-0.3, -0.25) is 14.3 Å². The van der Waals surface area contributed by atoms with Crippen LogP contribution in [0.5, 0.6) is 0 Å². The number of alkyl halides is 3. The van der Waals surface area contributed by atoms with Crippen LogP contribution >= 0.6 is 11.3 Å². The highest BCUT2D eigenvalue weighted by Gasteiger charge is 2.36. The van der Waals surface area contributed by atoms with Crippen LogP contribution in [0, 0.1) is 0 Å². The summed E-state index contributed by atoms with van der Waals surface area (Å²) < 4.78 is 41.9. The molecule has 6 nitrogen and oxygen atoms in total. The number of aromatic amines is 1. The van der Waals surface area contributed by atoms with Crippen molar-refractivity contribution in [2.45, 2.75) is 12.7 Å². The fourth-order valence-corrected chi connectivity index (χ4v) is 2.06. The van der Waals surface area contributed by atoms with Gasteiger partial charge in [0.05, 0.1) is 12.1 Å². The number of carbonyl (C=O) groups excluding carboxylic acids is 1. The van der Waals surface area contributed by atoms with Crippen molar-refractivity contribution in [1.29, 1.82) is 0 Å². The SMILES string of the molecule is O=C(NCc1noc(=O)[nH]1)c1ccsc1C(F)(F)F. The molecule has 2 rings (SSSR count). The average molecular weight is 293 g/mol. The summed E-state index contributed by atoms with van der Waals surface area (Å²) in [5.74, 6) is -1.70. The third-order valence-electron chi connectivity index (χ3n) is 2.07. The van der Waals surface area contributed by atoms with E-state index in [0.29, 0.717) is 11.3 Å². The Balaban J connectivity index is 2.09. The smallest absolute Gasteiger partial charge is 0.345 e. The van der Waals surface area contributed by atoms with E-state index in [-0.39, 0.29) is 12.4 Å². The van der Waals surface area contributed by atoms with Gasteiger partial charge in [-0.15, -0.1) is 11.3 Å². The minimum Gasteiger partial charge on any atom is -0.345 e. The van der Waals surface area contributed by atoms with Crippen LogP contribution in [0.4, 0.5) is 13.2 Å². The Bertz CT molecular complexity index is 643. The number of thiophene rings is 1. The second kappa shape index (κ2) is 4.88. The van der Waals surface area contributed by atoms with Gasteiger partial charge in [0.25, 0.3) is 5.91 Å². The first-order valence-electron chi connectivity index (χ1n) is 4.85. The van der Waals surface area contributed by atoms with Crippen LogP contribution in [0.25, 0.3) is 0 Å². The fraction of sp³-hybridized carbons (Fsp3) is 0.222. The van der Waals surface area contributed by atoms with Gasteiger partial charge in [0.15, 0.2) is 5.82 Å². The maximum atomic E-state index is 12.6. The van der Waals surface area contributed by atoms with Crippen LogP contribution < -0.4 is 11.1 Å². The van der Waals surface area contributed by atoms with Gasteiger partial charge in [0.1, 0.15) is 4.88 Å². The highest BCUT2D eigenvalue weighted by atomic mass is 32.1. The van der Waals surface area contributed by atoms with E-state index in [2.05, 4.69) is 20.0 Å². The summed E-state index contributed by atoms with van der Waals surface area (Å²) in [6.45, 7) is -0.238. The molecule has 0 bridgehead atoms. The van der Waals surface area contributed by atoms with Gasteiger partial charge in [-0.2, -0.15) is 13.2 Å². The lowest BCUT2D eigenvalue weighted by atomic mass is 10.2. The molecule has 0 saturated heterocycles. The number of hydrogen-bond acceptors (Lipinski definition) is 5. The first-order chi connectivity index (χ1) is 8.88. The van der Waals surface area contributed by atoms with E-state index >= 15 is 0 Å². The minimum absolute atomic E-state index is 0.0159. The van der Waals surface area contributed by atoms with Gasteiger partial charge in [-0.05, 0) is 11.4 Å². The number of rotatable bonds is 3. The van der Waals surface area contributed by atoms with Gasteiger partial charge < -0.3 is 5.32 Å². The van der Waals surface area contributed by atoms with E-state index < -0.39 is 28.3 Å². The second-order valence-corrected chi connectivity index (χ2v) is 4.30. The highest BCUT2D eigenvalue weighted by Crippen LogP contribution is 2.35. The molecule has 0 spiro atoms. The van der Waals surface area contributed by atoms with Crippen molar-refractivity contribution < 1.29 is 22.5 Å². The normalized spacial score (nSPS) is 11.5. The van der Waals surface area contributed by atoms with Crippen molar-refractivity contribution >= 4 is 17.2 Å². The van der Waals surface area contributed by atoms with Crippen molar-refractivity contribution in [3.8, 4) is 0 Å². The maximum absolute atomic E-state index is 12.6. The predicted octanol–water partition coefficient (Wildman–Crippen LogP) is 1.37. The first kappa shape index (κ1) is 13.3. The summed E-state index contributed by atoms with van der Waals surface area (Å²) in [4.78, 5) is 23.4. The lowest BCUT2D eigenvalue weighted by Gasteiger charge is -2.07. The van der Waals surface area contributed by atoms with Crippen LogP contribution in [0.1, 0.15) is 21.1 Å². The monoisotopic (exact) mass is 293 g/mol. The van der Waals surface area contributed by atoms with Crippen LogP contribution in [-0.2, 0) is 12.7 Å². The standard InChI is InChI=1S/C9H6F3N3O3S/c10-9(11,12)6-4(1-2-19-6)7(16)13-3-5-14-8(17)18-15-5/h1-2H,3H2,(H,13,16)(H,14,15,17). The summed E-state index contributed by atoms with van der Waals surface area (Å²) in [6.07, 6.45) is -4.58. The molecule has 19 heavy (non-hydrogen) atoms. The third-order valence-corrected chi connectivity index (χ3v) is 3.03. The molecule has 2 heterocycles. The average Bonchev–Trinajstić information content (AvgIpc) is 2.93. The van der Waals surface area contributed by atoms with E-state index in [1.807, 2.05) is 0 Å². The topological polar surface area (TPSA) is 88.0 Å². The molecule has 2 aromatic heterocycles. The predicted molar refractivity (Wildman–Crippen MR) is 57.6 cm³/mol. The van der Waals surface area contributed by atoms with Crippen LogP contribution in [0.15, 0.2) is 20.8 Å². The fourth-order valence-electron chi connectivity index (χ4n) is 1.30. The minimum atomic E-state index is -4.58. The van der Waals surface area contributed by atoms with E-state index in [9.17, 15) is 22.8 Å². The molecule has 102 valence electrons. The molecule has 0 atom stereocenters. The van der Waals surface area contributed by atoms with Gasteiger partial charge in [-0.25, -0.2) is 4.79 Å². The molecule has 0 fully saturated rings. The molecular formula is C9H6F3N3O3S. The molecule has 0 aromatic carbocycles. The zero-order chi connectivity index (χ0) is 14.0. The van der Waals surface area contributed by atoms with Crippen molar-refractivity contribution in [2.75, 3.05) is 0 Å². The van der Waals surface area contributed by atoms with E-state index in [0.717, 1.165) is 6.07 Å². The summed E-state index contributed by atoms with van der Waals surface area (Å²) in [7, 11) is 0. The van der Waals surface area contributed by atoms with E-state index in [4.69, 9.17) is 0 Å². The van der Waals surface area contributed by atoms with Crippen LogP contribution in [-0.4, -0.2) is 16.0 Å². The lowest BCUT2D eigenvalue weighted by molar-refractivity contribution is -0.134. The molecule has 2 N–H and O–H groups in total. The zero-order valence-corrected chi connectivity index (χ0v) is 9.89. The van der Waals surface area contributed by atoms with Gasteiger partial charge in [0, 0.05) is 0 Å². The maximum Gasteiger partial charge on any atom is 0.438 e. The van der Waals surface area contributed by atoms with Crippen molar-refractivity contribution in [3.05, 3.63) is 38.3 Å². The number of amides is 1. The van der Waals surface area contributed by atoms with Gasteiger partial charge >= 0.3 is 11.9 Å². The second-order valence-electron chi connectivity index (χ2n) is 3.39. The Labute approximate surface area is 107 Å². The Hall–Kier alpha value is -2.10.